The van der Waals surface area contributed by atoms with Crippen molar-refractivity contribution in [1.29, 1.82) is 0 Å². The van der Waals surface area contributed by atoms with E-state index >= 15 is 0 Å². The Hall–Kier alpha value is -1.75. The summed E-state index contributed by atoms with van der Waals surface area (Å²) in [6.07, 6.45) is 0. The zero-order valence-corrected chi connectivity index (χ0v) is 16.4. The van der Waals surface area contributed by atoms with Gasteiger partial charge in [0.15, 0.2) is 5.96 Å². The summed E-state index contributed by atoms with van der Waals surface area (Å²) in [5, 5.41) is 6.79. The predicted octanol–water partition coefficient (Wildman–Crippen LogP) is 2.54. The highest BCUT2D eigenvalue weighted by molar-refractivity contribution is 5.79. The summed E-state index contributed by atoms with van der Waals surface area (Å²) >= 11 is 0. The average molecular weight is 334 g/mol. The van der Waals surface area contributed by atoms with Gasteiger partial charge in [0.05, 0.1) is 0 Å². The van der Waals surface area contributed by atoms with Gasteiger partial charge in [0.1, 0.15) is 0 Å². The molecule has 0 aliphatic heterocycles. The number of nitrogens with one attached hydrogen (secondary N) is 2. The Labute approximate surface area is 148 Å². The van der Waals surface area contributed by atoms with E-state index in [9.17, 15) is 0 Å². The summed E-state index contributed by atoms with van der Waals surface area (Å²) in [5.74, 6) is 0.845. The van der Waals surface area contributed by atoms with E-state index in [1.807, 2.05) is 7.05 Å². The normalized spacial score (nSPS) is 12.2. The number of anilines is 1. The number of hydrogen-bond donors (Lipinski definition) is 2. The van der Waals surface area contributed by atoms with Crippen molar-refractivity contribution in [3.63, 3.8) is 0 Å². The molecule has 0 aromatic heterocycles. The summed E-state index contributed by atoms with van der Waals surface area (Å²) in [5.41, 5.74) is 2.46. The molecule has 24 heavy (non-hydrogen) atoms. The lowest BCUT2D eigenvalue weighted by Crippen LogP contribution is -2.45. The smallest absolute Gasteiger partial charge is 0.191 e. The van der Waals surface area contributed by atoms with Crippen LogP contribution in [0, 0.1) is 0 Å². The molecule has 1 aromatic carbocycles. The zero-order valence-electron chi connectivity index (χ0n) is 16.4. The van der Waals surface area contributed by atoms with Crippen LogP contribution in [-0.4, -0.2) is 57.2 Å². The number of benzene rings is 1. The van der Waals surface area contributed by atoms with Crippen molar-refractivity contribution in [3.8, 4) is 0 Å². The second kappa shape index (κ2) is 10.2. The SMILES string of the molecule is CN=C(NCCN(C(C)C)C(C)C)NCc1cccc(N(C)C)c1. The first-order chi connectivity index (χ1) is 11.3. The number of rotatable bonds is 8. The minimum atomic E-state index is 0.551. The molecule has 0 heterocycles. The fourth-order valence-electron chi connectivity index (χ4n) is 2.77. The van der Waals surface area contributed by atoms with E-state index in [-0.39, 0.29) is 0 Å². The van der Waals surface area contributed by atoms with Crippen LogP contribution in [0.2, 0.25) is 0 Å². The molecule has 5 nitrogen and oxygen atoms in total. The second-order valence-electron chi connectivity index (χ2n) is 6.84. The van der Waals surface area contributed by atoms with Crippen molar-refractivity contribution >= 4 is 11.6 Å². The van der Waals surface area contributed by atoms with Gasteiger partial charge in [-0.05, 0) is 45.4 Å². The molecule has 136 valence electrons. The van der Waals surface area contributed by atoms with Gasteiger partial charge in [-0.15, -0.1) is 0 Å². The third-order valence-corrected chi connectivity index (χ3v) is 4.10. The quantitative estimate of drug-likeness (QED) is 0.567. The van der Waals surface area contributed by atoms with E-state index in [0.717, 1.165) is 25.6 Å². The van der Waals surface area contributed by atoms with E-state index < -0.39 is 0 Å². The molecule has 2 N–H and O–H groups in total. The fraction of sp³-hybridized carbons (Fsp3) is 0.632. The molecule has 0 bridgehead atoms. The summed E-state index contributed by atoms with van der Waals surface area (Å²) in [7, 11) is 5.93. The molecule has 0 saturated heterocycles. The van der Waals surface area contributed by atoms with Crippen molar-refractivity contribution in [2.24, 2.45) is 4.99 Å². The highest BCUT2D eigenvalue weighted by Gasteiger charge is 2.12. The standard InChI is InChI=1S/C19H35N5/c1-15(2)24(16(3)4)12-11-21-19(20-5)22-14-17-9-8-10-18(13-17)23(6)7/h8-10,13,15-16H,11-12,14H2,1-7H3,(H2,20,21,22). The van der Waals surface area contributed by atoms with E-state index in [1.165, 1.54) is 11.3 Å². The number of guanidine groups is 1. The number of aliphatic imine (C=N–C) groups is 1. The van der Waals surface area contributed by atoms with E-state index in [2.05, 4.69) is 91.5 Å². The Kier molecular flexibility index (Phi) is 8.61. The molecule has 0 atom stereocenters. The lowest BCUT2D eigenvalue weighted by molar-refractivity contribution is 0.178. The van der Waals surface area contributed by atoms with Crippen molar-refractivity contribution in [2.45, 2.75) is 46.3 Å². The molecule has 5 heteroatoms. The van der Waals surface area contributed by atoms with Gasteiger partial charge in [0.25, 0.3) is 0 Å². The molecule has 0 radical (unpaired) electrons. The maximum Gasteiger partial charge on any atom is 0.191 e. The van der Waals surface area contributed by atoms with Crippen LogP contribution in [0.25, 0.3) is 0 Å². The van der Waals surface area contributed by atoms with Crippen LogP contribution in [0.3, 0.4) is 0 Å². The molecular weight excluding hydrogens is 298 g/mol. The molecule has 0 aliphatic carbocycles. The van der Waals surface area contributed by atoms with E-state index in [4.69, 9.17) is 0 Å². The van der Waals surface area contributed by atoms with Gasteiger partial charge in [0.2, 0.25) is 0 Å². The van der Waals surface area contributed by atoms with Crippen LogP contribution in [0.15, 0.2) is 29.3 Å². The van der Waals surface area contributed by atoms with Gasteiger partial charge in [-0.2, -0.15) is 0 Å². The fourth-order valence-corrected chi connectivity index (χ4v) is 2.77. The van der Waals surface area contributed by atoms with Gasteiger partial charge in [-0.1, -0.05) is 12.1 Å². The van der Waals surface area contributed by atoms with Gasteiger partial charge in [-0.3, -0.25) is 9.89 Å². The summed E-state index contributed by atoms with van der Waals surface area (Å²) < 4.78 is 0. The van der Waals surface area contributed by atoms with Gasteiger partial charge in [0, 0.05) is 58.5 Å². The summed E-state index contributed by atoms with van der Waals surface area (Å²) in [6.45, 7) is 11.6. The minimum absolute atomic E-state index is 0.551. The van der Waals surface area contributed by atoms with Crippen molar-refractivity contribution in [1.82, 2.24) is 15.5 Å². The molecule has 0 fully saturated rings. The van der Waals surface area contributed by atoms with Crippen molar-refractivity contribution in [2.75, 3.05) is 39.1 Å². The molecule has 1 rings (SSSR count). The Balaban J connectivity index is 2.47. The molecule has 0 amide bonds. The van der Waals surface area contributed by atoms with E-state index in [1.54, 1.807) is 0 Å². The summed E-state index contributed by atoms with van der Waals surface area (Å²) in [4.78, 5) is 8.90. The van der Waals surface area contributed by atoms with Gasteiger partial charge >= 0.3 is 0 Å². The van der Waals surface area contributed by atoms with Crippen LogP contribution < -0.4 is 15.5 Å². The molecule has 0 aliphatic rings. The average Bonchev–Trinajstić information content (AvgIpc) is 2.53. The maximum atomic E-state index is 4.31. The van der Waals surface area contributed by atoms with Gasteiger partial charge in [-0.25, -0.2) is 0 Å². The molecular formula is C19H35N5. The van der Waals surface area contributed by atoms with Crippen molar-refractivity contribution < 1.29 is 0 Å². The predicted molar refractivity (Wildman–Crippen MR) is 106 cm³/mol. The van der Waals surface area contributed by atoms with Crippen LogP contribution in [0.1, 0.15) is 33.3 Å². The van der Waals surface area contributed by atoms with Crippen LogP contribution in [-0.2, 0) is 6.54 Å². The minimum Gasteiger partial charge on any atom is -0.378 e. The third-order valence-electron chi connectivity index (χ3n) is 4.10. The second-order valence-corrected chi connectivity index (χ2v) is 6.84. The highest BCUT2D eigenvalue weighted by Crippen LogP contribution is 2.13. The Morgan fingerprint density at radius 2 is 1.75 bits per heavy atom. The van der Waals surface area contributed by atoms with Gasteiger partial charge < -0.3 is 15.5 Å². The van der Waals surface area contributed by atoms with E-state index in [0.29, 0.717) is 12.1 Å². The molecule has 0 unspecified atom stereocenters. The lowest BCUT2D eigenvalue weighted by atomic mass is 10.2. The largest absolute Gasteiger partial charge is 0.378 e. The lowest BCUT2D eigenvalue weighted by Gasteiger charge is -2.30. The first-order valence-electron chi connectivity index (χ1n) is 8.81. The molecule has 0 spiro atoms. The number of nitrogens with zero attached hydrogens (tertiary/aromatic N) is 3. The van der Waals surface area contributed by atoms with Crippen molar-refractivity contribution in [3.05, 3.63) is 29.8 Å². The topological polar surface area (TPSA) is 42.9 Å². The van der Waals surface area contributed by atoms with Crippen LogP contribution >= 0.6 is 0 Å². The molecule has 1 aromatic rings. The first kappa shape index (κ1) is 20.3. The Morgan fingerprint density at radius 1 is 1.08 bits per heavy atom. The monoisotopic (exact) mass is 333 g/mol. The third kappa shape index (κ3) is 6.79. The number of hydrogen-bond acceptors (Lipinski definition) is 3. The Morgan fingerprint density at radius 3 is 2.29 bits per heavy atom. The molecule has 0 saturated carbocycles. The van der Waals surface area contributed by atoms with Crippen LogP contribution in [0.4, 0.5) is 5.69 Å². The zero-order chi connectivity index (χ0) is 18.1. The highest BCUT2D eigenvalue weighted by atomic mass is 15.2. The first-order valence-corrected chi connectivity index (χ1v) is 8.81. The maximum absolute atomic E-state index is 4.31. The Bertz CT molecular complexity index is 500. The van der Waals surface area contributed by atoms with Crippen LogP contribution in [0.5, 0.6) is 0 Å². The summed E-state index contributed by atoms with van der Waals surface area (Å²) in [6, 6.07) is 9.63.